The van der Waals surface area contributed by atoms with Gasteiger partial charge < -0.3 is 15.3 Å². The number of anilines is 1. The van der Waals surface area contributed by atoms with Crippen LogP contribution in [0.1, 0.15) is 26.3 Å². The number of phenols is 1. The number of aromatic hydroxyl groups is 1. The Balaban J connectivity index is 2.08. The van der Waals surface area contributed by atoms with Crippen molar-refractivity contribution in [1.29, 1.82) is 0 Å². The van der Waals surface area contributed by atoms with Crippen LogP contribution in [0.15, 0.2) is 18.2 Å². The third-order valence-corrected chi connectivity index (χ3v) is 4.24. The molecule has 2 N–H and O–H groups in total. The monoisotopic (exact) mass is 308 g/mol. The molecule has 0 unspecified atom stereocenters. The second-order valence-corrected chi connectivity index (χ2v) is 7.05. The molecule has 6 heteroatoms. The molecule has 5 nitrogen and oxygen atoms in total. The number of nitrogens with zero attached hydrogens (tertiary/aromatic N) is 1. The molecule has 0 atom stereocenters. The van der Waals surface area contributed by atoms with E-state index in [0.29, 0.717) is 17.3 Å². The van der Waals surface area contributed by atoms with E-state index in [4.69, 9.17) is 0 Å². The van der Waals surface area contributed by atoms with Crippen molar-refractivity contribution in [3.8, 4) is 5.75 Å². The molecule has 0 radical (unpaired) electrons. The van der Waals surface area contributed by atoms with Gasteiger partial charge in [-0.2, -0.15) is 0 Å². The van der Waals surface area contributed by atoms with Crippen LogP contribution < -0.4 is 5.32 Å². The normalized spacial score (nSPS) is 15.4. The van der Waals surface area contributed by atoms with Crippen molar-refractivity contribution < 1.29 is 14.7 Å². The number of amides is 2. The first-order valence-corrected chi connectivity index (χ1v) is 7.92. The summed E-state index contributed by atoms with van der Waals surface area (Å²) in [5.41, 5.74) is 1.32. The second kappa shape index (κ2) is 5.97. The van der Waals surface area contributed by atoms with Crippen LogP contribution in [-0.2, 0) is 15.0 Å². The van der Waals surface area contributed by atoms with Crippen LogP contribution in [0.25, 0.3) is 0 Å². The van der Waals surface area contributed by atoms with E-state index in [1.54, 1.807) is 12.1 Å². The number of phenolic OH excluding ortho intramolecular Hbond substituents is 1. The fourth-order valence-electron chi connectivity index (χ4n) is 2.01. The van der Waals surface area contributed by atoms with Gasteiger partial charge in [-0.25, -0.2) is 0 Å². The van der Waals surface area contributed by atoms with E-state index in [2.05, 4.69) is 26.1 Å². The maximum absolute atomic E-state index is 12.0. The van der Waals surface area contributed by atoms with Crippen molar-refractivity contribution in [3.63, 3.8) is 0 Å². The third-order valence-electron chi connectivity index (χ3n) is 3.30. The molecule has 1 heterocycles. The summed E-state index contributed by atoms with van der Waals surface area (Å²) >= 11 is 1.49. The molecule has 1 aromatic rings. The Morgan fingerprint density at radius 2 is 2.14 bits per heavy atom. The molecule has 0 bridgehead atoms. The van der Waals surface area contributed by atoms with Crippen LogP contribution in [0.4, 0.5) is 5.69 Å². The number of carbonyl (C=O) groups excluding carboxylic acids is 2. The number of rotatable bonds is 3. The number of carbonyl (C=O) groups is 2. The van der Waals surface area contributed by atoms with Crippen LogP contribution in [0.5, 0.6) is 5.75 Å². The van der Waals surface area contributed by atoms with Gasteiger partial charge in [0.15, 0.2) is 0 Å². The lowest BCUT2D eigenvalue weighted by atomic mass is 9.87. The smallest absolute Gasteiger partial charge is 0.244 e. The fourth-order valence-corrected chi connectivity index (χ4v) is 2.91. The van der Waals surface area contributed by atoms with Gasteiger partial charge in [-0.1, -0.05) is 26.8 Å². The minimum Gasteiger partial charge on any atom is -0.506 e. The van der Waals surface area contributed by atoms with Gasteiger partial charge in [0, 0.05) is 0 Å². The van der Waals surface area contributed by atoms with Crippen LogP contribution in [0.2, 0.25) is 0 Å². The van der Waals surface area contributed by atoms with E-state index >= 15 is 0 Å². The number of hydrogen-bond donors (Lipinski definition) is 2. The molecule has 0 saturated carbocycles. The van der Waals surface area contributed by atoms with Gasteiger partial charge in [0.2, 0.25) is 11.8 Å². The number of nitrogens with one attached hydrogen (secondary N) is 1. The highest BCUT2D eigenvalue weighted by molar-refractivity contribution is 8.00. The van der Waals surface area contributed by atoms with Crippen LogP contribution >= 0.6 is 11.8 Å². The molecule has 0 aromatic heterocycles. The van der Waals surface area contributed by atoms with Crippen LogP contribution in [-0.4, -0.2) is 40.0 Å². The molecule has 1 fully saturated rings. The number of thioether (sulfide) groups is 1. The molecule has 1 aromatic carbocycles. The summed E-state index contributed by atoms with van der Waals surface area (Å²) in [5, 5.41) is 12.5. The summed E-state index contributed by atoms with van der Waals surface area (Å²) in [6.07, 6.45) is 0. The van der Waals surface area contributed by atoms with Gasteiger partial charge in [0.05, 0.1) is 17.3 Å². The van der Waals surface area contributed by atoms with E-state index in [9.17, 15) is 14.7 Å². The average Bonchev–Trinajstić information content (AvgIpc) is 2.76. The third kappa shape index (κ3) is 3.91. The molecule has 2 rings (SSSR count). The van der Waals surface area contributed by atoms with Crippen molar-refractivity contribution in [2.45, 2.75) is 26.2 Å². The van der Waals surface area contributed by atoms with Gasteiger partial charge in [-0.05, 0) is 23.1 Å². The van der Waals surface area contributed by atoms with E-state index in [-0.39, 0.29) is 29.5 Å². The summed E-state index contributed by atoms with van der Waals surface area (Å²) in [6.45, 7) is 6.20. The van der Waals surface area contributed by atoms with E-state index in [0.717, 1.165) is 5.56 Å². The lowest BCUT2D eigenvalue weighted by Crippen LogP contribution is -2.34. The van der Waals surface area contributed by atoms with E-state index < -0.39 is 0 Å². The first kappa shape index (κ1) is 15.7. The number of hydrogen-bond acceptors (Lipinski definition) is 4. The highest BCUT2D eigenvalue weighted by Gasteiger charge is 2.23. The zero-order valence-corrected chi connectivity index (χ0v) is 13.3. The van der Waals surface area contributed by atoms with E-state index in [1.165, 1.54) is 16.7 Å². The second-order valence-electron chi connectivity index (χ2n) is 6.10. The SMILES string of the molecule is CC(C)(C)c1ccc(O)c(NC(=O)CN2CSCC2=O)c1. The van der Waals surface area contributed by atoms with Crippen molar-refractivity contribution in [1.82, 2.24) is 4.90 Å². The highest BCUT2D eigenvalue weighted by atomic mass is 32.2. The van der Waals surface area contributed by atoms with Gasteiger partial charge in [0.25, 0.3) is 0 Å². The Morgan fingerprint density at radius 1 is 1.43 bits per heavy atom. The largest absolute Gasteiger partial charge is 0.506 e. The summed E-state index contributed by atoms with van der Waals surface area (Å²) < 4.78 is 0. The molecule has 0 aliphatic carbocycles. The first-order valence-electron chi connectivity index (χ1n) is 6.76. The average molecular weight is 308 g/mol. The van der Waals surface area contributed by atoms with Crippen molar-refractivity contribution in [2.75, 3.05) is 23.5 Å². The topological polar surface area (TPSA) is 69.6 Å². The summed E-state index contributed by atoms with van der Waals surface area (Å²) in [4.78, 5) is 25.0. The van der Waals surface area contributed by atoms with Crippen LogP contribution in [0.3, 0.4) is 0 Å². The molecule has 1 aliphatic rings. The minimum atomic E-state index is -0.299. The standard InChI is InChI=1S/C15H20N2O3S/c1-15(2,3)10-4-5-12(18)11(6-10)16-13(19)7-17-9-21-8-14(17)20/h4-6,18H,7-9H2,1-3H3,(H,16,19). The lowest BCUT2D eigenvalue weighted by Gasteiger charge is -2.21. The highest BCUT2D eigenvalue weighted by Crippen LogP contribution is 2.30. The predicted octanol–water partition coefficient (Wildman–Crippen LogP) is 2.16. The molecular weight excluding hydrogens is 288 g/mol. The van der Waals surface area contributed by atoms with E-state index in [1.807, 2.05) is 6.07 Å². The lowest BCUT2D eigenvalue weighted by molar-refractivity contribution is -0.130. The van der Waals surface area contributed by atoms with Gasteiger partial charge in [0.1, 0.15) is 12.3 Å². The summed E-state index contributed by atoms with van der Waals surface area (Å²) in [5.74, 6) is 0.673. The summed E-state index contributed by atoms with van der Waals surface area (Å²) in [6, 6.07) is 5.19. The van der Waals surface area contributed by atoms with Crippen LogP contribution in [0, 0.1) is 0 Å². The number of benzene rings is 1. The Morgan fingerprint density at radius 3 is 2.71 bits per heavy atom. The van der Waals surface area contributed by atoms with Gasteiger partial charge in [-0.15, -0.1) is 11.8 Å². The summed E-state index contributed by atoms with van der Waals surface area (Å²) in [7, 11) is 0. The molecular formula is C15H20N2O3S. The maximum Gasteiger partial charge on any atom is 0.244 e. The zero-order valence-electron chi connectivity index (χ0n) is 12.5. The molecule has 0 spiro atoms. The zero-order chi connectivity index (χ0) is 15.6. The molecule has 2 amide bonds. The molecule has 114 valence electrons. The minimum absolute atomic E-state index is 0.0189. The molecule has 21 heavy (non-hydrogen) atoms. The first-order chi connectivity index (χ1) is 9.77. The van der Waals surface area contributed by atoms with Gasteiger partial charge >= 0.3 is 0 Å². The predicted molar refractivity (Wildman–Crippen MR) is 84.5 cm³/mol. The van der Waals surface area contributed by atoms with Crippen molar-refractivity contribution >= 4 is 29.3 Å². The van der Waals surface area contributed by atoms with Gasteiger partial charge in [-0.3, -0.25) is 9.59 Å². The molecule has 1 saturated heterocycles. The van der Waals surface area contributed by atoms with Crippen molar-refractivity contribution in [3.05, 3.63) is 23.8 Å². The van der Waals surface area contributed by atoms with Crippen molar-refractivity contribution in [2.24, 2.45) is 0 Å². The Labute approximate surface area is 128 Å². The Kier molecular flexibility index (Phi) is 4.46. The molecule has 1 aliphatic heterocycles. The quantitative estimate of drug-likeness (QED) is 0.840. The Bertz CT molecular complexity index is 567. The fraction of sp³-hybridized carbons (Fsp3) is 0.467. The Hall–Kier alpha value is -1.69. The maximum atomic E-state index is 12.0.